The second kappa shape index (κ2) is 10.7. The van der Waals surface area contributed by atoms with Gasteiger partial charge in [-0.25, -0.2) is 4.90 Å². The summed E-state index contributed by atoms with van der Waals surface area (Å²) in [5.41, 5.74) is 3.42. The molecule has 0 aromatic rings. The van der Waals surface area contributed by atoms with Gasteiger partial charge in [0.1, 0.15) is 12.2 Å². The fraction of sp³-hybridized carbons (Fsp3) is 1.00. The van der Waals surface area contributed by atoms with Gasteiger partial charge in [0.15, 0.2) is 6.23 Å². The Morgan fingerprint density at radius 1 is 1.10 bits per heavy atom. The van der Waals surface area contributed by atoms with Crippen molar-refractivity contribution in [1.29, 1.82) is 0 Å². The zero-order chi connectivity index (χ0) is 21.0. The van der Waals surface area contributed by atoms with Gasteiger partial charge in [0.25, 0.3) is 0 Å². The summed E-state index contributed by atoms with van der Waals surface area (Å²) in [5, 5.41) is 6.42. The van der Waals surface area contributed by atoms with E-state index in [2.05, 4.69) is 21.0 Å². The Bertz CT molecular complexity index is 555. The number of hydrogen-bond donors (Lipinski definition) is 4. The predicted molar refractivity (Wildman–Crippen MR) is 117 cm³/mol. The van der Waals surface area contributed by atoms with Crippen LogP contribution in [0.4, 0.5) is 0 Å². The van der Waals surface area contributed by atoms with Crippen molar-refractivity contribution in [1.82, 2.24) is 15.7 Å². The summed E-state index contributed by atoms with van der Waals surface area (Å²) >= 11 is 0. The van der Waals surface area contributed by atoms with Crippen LogP contribution in [-0.2, 0) is 14.3 Å². The Labute approximate surface area is 187 Å². The highest BCUT2D eigenvalue weighted by atomic mass is 16.7. The number of morpholine rings is 1. The maximum absolute atomic E-state index is 6.19. The van der Waals surface area contributed by atoms with Gasteiger partial charge in [-0.2, -0.15) is 5.48 Å². The number of rotatable bonds is 6. The molecule has 6 atom stereocenters. The van der Waals surface area contributed by atoms with E-state index in [4.69, 9.17) is 14.3 Å². The molecule has 0 aromatic carbocycles. The number of likely N-dealkylation sites (tertiary alicyclic amines) is 1. The molecule has 31 heavy (non-hydrogen) atoms. The highest BCUT2D eigenvalue weighted by molar-refractivity contribution is 4.85. The van der Waals surface area contributed by atoms with Crippen molar-refractivity contribution in [3.63, 3.8) is 0 Å². The molecule has 5 rings (SSSR count). The molecule has 8 nitrogen and oxygen atoms in total. The molecule has 0 radical (unpaired) electrons. The van der Waals surface area contributed by atoms with Crippen molar-refractivity contribution in [2.45, 2.75) is 82.1 Å². The standard InChI is InChI=1S/C23H43N5O3/c1-29-19-6-4-17(5-7-19)16-28-10-2-3-20(28)23-25-22(26-31-23)18-8-9-24-21(15-18)27-11-13-30-14-12-27/h17-26H,2-16H2,1H3/p+2/t17?,18?,19?,20-,21?,22?,23?/m0/s1. The summed E-state index contributed by atoms with van der Waals surface area (Å²) in [6.07, 6.45) is 11.8. The Morgan fingerprint density at radius 2 is 1.94 bits per heavy atom. The molecule has 0 spiro atoms. The topological polar surface area (TPSA) is 76.0 Å². The van der Waals surface area contributed by atoms with Crippen molar-refractivity contribution in [3.8, 4) is 0 Å². The Balaban J connectivity index is 1.11. The monoisotopic (exact) mass is 439 g/mol. The van der Waals surface area contributed by atoms with Crippen LogP contribution >= 0.6 is 0 Å². The maximum Gasteiger partial charge on any atom is 0.183 e. The highest BCUT2D eigenvalue weighted by Crippen LogP contribution is 2.26. The first-order valence-corrected chi connectivity index (χ1v) is 13.0. The molecular weight excluding hydrogens is 394 g/mol. The molecule has 178 valence electrons. The molecule has 1 aliphatic carbocycles. The number of quaternary nitrogens is 2. The first-order valence-electron chi connectivity index (χ1n) is 13.0. The maximum atomic E-state index is 6.19. The number of ether oxygens (including phenoxy) is 2. The van der Waals surface area contributed by atoms with E-state index >= 15 is 0 Å². The van der Waals surface area contributed by atoms with Crippen molar-refractivity contribution < 1.29 is 24.5 Å². The third kappa shape index (κ3) is 5.44. The van der Waals surface area contributed by atoms with E-state index in [0.717, 1.165) is 32.2 Å². The lowest BCUT2D eigenvalue weighted by molar-refractivity contribution is -0.919. The van der Waals surface area contributed by atoms with Crippen molar-refractivity contribution in [3.05, 3.63) is 0 Å². The van der Waals surface area contributed by atoms with Gasteiger partial charge in [-0.3, -0.25) is 10.2 Å². The molecule has 0 aromatic heterocycles. The normalized spacial score (nSPS) is 45.2. The van der Waals surface area contributed by atoms with E-state index in [1.54, 1.807) is 4.90 Å². The van der Waals surface area contributed by atoms with Crippen LogP contribution in [0.1, 0.15) is 51.4 Å². The molecule has 5 unspecified atom stereocenters. The van der Waals surface area contributed by atoms with E-state index in [0.29, 0.717) is 30.4 Å². The van der Waals surface area contributed by atoms with E-state index in [1.807, 2.05) is 7.11 Å². The summed E-state index contributed by atoms with van der Waals surface area (Å²) in [6.45, 7) is 7.74. The average molecular weight is 440 g/mol. The van der Waals surface area contributed by atoms with Crippen LogP contribution in [-0.4, -0.2) is 88.7 Å². The van der Waals surface area contributed by atoms with Crippen molar-refractivity contribution >= 4 is 0 Å². The molecule has 4 saturated heterocycles. The first-order chi connectivity index (χ1) is 15.3. The van der Waals surface area contributed by atoms with Crippen LogP contribution in [0.15, 0.2) is 0 Å². The predicted octanol–water partition coefficient (Wildman–Crippen LogP) is -1.35. The second-order valence-corrected chi connectivity index (χ2v) is 10.6. The SMILES string of the molecule is COC1CCC(C[NH+]2CCC[C@H]2C2NC(C3CC[NH2+]C(N4CCOCC4)C3)NO2)CC1. The van der Waals surface area contributed by atoms with Crippen LogP contribution in [0.3, 0.4) is 0 Å². The fourth-order valence-electron chi connectivity index (χ4n) is 6.86. The minimum atomic E-state index is 0.158. The van der Waals surface area contributed by atoms with E-state index in [1.165, 1.54) is 71.0 Å². The van der Waals surface area contributed by atoms with Gasteiger partial charge in [-0.1, -0.05) is 0 Å². The second-order valence-electron chi connectivity index (χ2n) is 10.6. The summed E-state index contributed by atoms with van der Waals surface area (Å²) < 4.78 is 11.1. The van der Waals surface area contributed by atoms with Crippen molar-refractivity contribution in [2.24, 2.45) is 11.8 Å². The molecule has 4 aliphatic heterocycles. The lowest BCUT2D eigenvalue weighted by Crippen LogP contribution is -3.15. The molecule has 4 heterocycles. The van der Waals surface area contributed by atoms with Crippen LogP contribution in [0, 0.1) is 11.8 Å². The molecule has 5 fully saturated rings. The van der Waals surface area contributed by atoms with Gasteiger partial charge >= 0.3 is 0 Å². The quantitative estimate of drug-likeness (QED) is 0.410. The summed E-state index contributed by atoms with van der Waals surface area (Å²) in [5.74, 6) is 1.49. The Hall–Kier alpha value is -0.320. The smallest absolute Gasteiger partial charge is 0.183 e. The van der Waals surface area contributed by atoms with E-state index in [9.17, 15) is 0 Å². The Kier molecular flexibility index (Phi) is 7.78. The minimum absolute atomic E-state index is 0.158. The third-order valence-corrected chi connectivity index (χ3v) is 8.75. The number of hydroxylamine groups is 1. The molecule has 8 heteroatoms. The van der Waals surface area contributed by atoms with Gasteiger partial charge in [-0.15, -0.1) is 0 Å². The number of nitrogens with one attached hydrogen (secondary N) is 3. The molecule has 5 aliphatic rings. The largest absolute Gasteiger partial charge is 0.381 e. The van der Waals surface area contributed by atoms with Crippen LogP contribution < -0.4 is 21.0 Å². The summed E-state index contributed by atoms with van der Waals surface area (Å²) in [6, 6.07) is 0.586. The van der Waals surface area contributed by atoms with E-state index < -0.39 is 0 Å². The number of piperidine rings is 1. The van der Waals surface area contributed by atoms with E-state index in [-0.39, 0.29) is 6.23 Å². The van der Waals surface area contributed by atoms with Crippen molar-refractivity contribution in [2.75, 3.05) is 53.0 Å². The molecule has 0 bridgehead atoms. The third-order valence-electron chi connectivity index (χ3n) is 8.75. The van der Waals surface area contributed by atoms with Crippen LogP contribution in [0.5, 0.6) is 0 Å². The lowest BCUT2D eigenvalue weighted by Gasteiger charge is -2.38. The number of hydrogen-bond acceptors (Lipinski definition) is 6. The summed E-state index contributed by atoms with van der Waals surface area (Å²) in [7, 11) is 1.87. The molecular formula is C23H45N5O3+2. The van der Waals surface area contributed by atoms with Gasteiger partial charge in [0.2, 0.25) is 0 Å². The number of methoxy groups -OCH3 is 1. The zero-order valence-electron chi connectivity index (χ0n) is 19.4. The fourth-order valence-corrected chi connectivity index (χ4v) is 6.86. The van der Waals surface area contributed by atoms with Gasteiger partial charge in [0, 0.05) is 57.7 Å². The van der Waals surface area contributed by atoms with Gasteiger partial charge in [0.05, 0.1) is 45.1 Å². The minimum Gasteiger partial charge on any atom is -0.381 e. The van der Waals surface area contributed by atoms with Crippen LogP contribution in [0.25, 0.3) is 0 Å². The molecule has 0 amide bonds. The van der Waals surface area contributed by atoms with Crippen LogP contribution in [0.2, 0.25) is 0 Å². The average Bonchev–Trinajstić information content (AvgIpc) is 3.50. The number of nitrogens with two attached hydrogens (primary N) is 1. The van der Waals surface area contributed by atoms with Gasteiger partial charge < -0.3 is 19.7 Å². The number of nitrogens with zero attached hydrogens (tertiary/aromatic N) is 1. The molecule has 5 N–H and O–H groups in total. The molecule has 1 saturated carbocycles. The Morgan fingerprint density at radius 3 is 2.74 bits per heavy atom. The summed E-state index contributed by atoms with van der Waals surface area (Å²) in [4.78, 5) is 10.6. The highest BCUT2D eigenvalue weighted by Gasteiger charge is 2.45. The van der Waals surface area contributed by atoms with Gasteiger partial charge in [-0.05, 0) is 25.7 Å². The zero-order valence-corrected chi connectivity index (χ0v) is 19.4. The first kappa shape index (κ1) is 22.5. The lowest BCUT2D eigenvalue weighted by atomic mass is 9.87.